The molecule has 4 unspecified atom stereocenters. The molecule has 1 saturated heterocycles. The van der Waals surface area contributed by atoms with Crippen molar-refractivity contribution in [2.75, 3.05) is 0 Å². The number of carbonyl (C=O) groups excluding carboxylic acids is 1. The summed E-state index contributed by atoms with van der Waals surface area (Å²) in [5, 5.41) is 3.36. The van der Waals surface area contributed by atoms with Crippen LogP contribution in [0.5, 0.6) is 0 Å². The van der Waals surface area contributed by atoms with Crippen LogP contribution in [0.25, 0.3) is 0 Å². The summed E-state index contributed by atoms with van der Waals surface area (Å²) < 4.78 is 13.1. The summed E-state index contributed by atoms with van der Waals surface area (Å²) in [7, 11) is 0. The fraction of sp³-hybridized carbons (Fsp3) is 0.588. The molecule has 4 heteroatoms. The van der Waals surface area contributed by atoms with Gasteiger partial charge in [0.1, 0.15) is 12.0 Å². The third-order valence-electron chi connectivity index (χ3n) is 4.80. The molecular formula is C17H23FN2O. The summed E-state index contributed by atoms with van der Waals surface area (Å²) in [6, 6.07) is 6.61. The molecule has 2 aliphatic rings. The van der Waals surface area contributed by atoms with Gasteiger partial charge in [0, 0.05) is 6.04 Å². The Balaban J connectivity index is 1.87. The van der Waals surface area contributed by atoms with Gasteiger partial charge in [0.15, 0.2) is 0 Å². The molecule has 4 atom stereocenters. The van der Waals surface area contributed by atoms with Gasteiger partial charge in [0.25, 0.3) is 0 Å². The predicted octanol–water partition coefficient (Wildman–Crippen LogP) is 3.22. The smallest absolute Gasteiger partial charge is 0.241 e. The fourth-order valence-electron chi connectivity index (χ4n) is 3.69. The SMILES string of the molecule is CC1CCCC(N2C(=O)C(C)NC2c2ccc(F)cc2)C1. The van der Waals surface area contributed by atoms with Crippen molar-refractivity contribution in [3.05, 3.63) is 35.6 Å². The van der Waals surface area contributed by atoms with E-state index in [-0.39, 0.29) is 23.9 Å². The van der Waals surface area contributed by atoms with Crippen molar-refractivity contribution in [2.24, 2.45) is 5.92 Å². The van der Waals surface area contributed by atoms with E-state index in [9.17, 15) is 9.18 Å². The Morgan fingerprint density at radius 1 is 1.19 bits per heavy atom. The minimum atomic E-state index is -0.242. The van der Waals surface area contributed by atoms with Crippen LogP contribution in [0.4, 0.5) is 4.39 Å². The number of hydrogen-bond donors (Lipinski definition) is 1. The quantitative estimate of drug-likeness (QED) is 0.907. The topological polar surface area (TPSA) is 32.3 Å². The first-order chi connectivity index (χ1) is 10.1. The molecule has 1 heterocycles. The van der Waals surface area contributed by atoms with Gasteiger partial charge >= 0.3 is 0 Å². The average Bonchev–Trinajstić information content (AvgIpc) is 2.76. The molecule has 0 radical (unpaired) electrons. The number of amides is 1. The molecule has 0 bridgehead atoms. The van der Waals surface area contributed by atoms with Crippen molar-refractivity contribution in [3.8, 4) is 0 Å². The summed E-state index contributed by atoms with van der Waals surface area (Å²) in [6.45, 7) is 4.17. The van der Waals surface area contributed by atoms with Crippen LogP contribution in [0.1, 0.15) is 51.3 Å². The fourth-order valence-corrected chi connectivity index (χ4v) is 3.69. The second kappa shape index (κ2) is 5.76. The highest BCUT2D eigenvalue weighted by molar-refractivity contribution is 5.84. The van der Waals surface area contributed by atoms with Gasteiger partial charge in [-0.05, 0) is 43.4 Å². The number of halogens is 1. The van der Waals surface area contributed by atoms with Crippen LogP contribution < -0.4 is 5.32 Å². The van der Waals surface area contributed by atoms with Gasteiger partial charge in [-0.3, -0.25) is 10.1 Å². The lowest BCUT2D eigenvalue weighted by atomic mass is 9.86. The Morgan fingerprint density at radius 2 is 1.90 bits per heavy atom. The second-order valence-electron chi connectivity index (χ2n) is 6.51. The highest BCUT2D eigenvalue weighted by atomic mass is 19.1. The first-order valence-electron chi connectivity index (χ1n) is 7.90. The van der Waals surface area contributed by atoms with Gasteiger partial charge in [0.05, 0.1) is 6.04 Å². The first-order valence-corrected chi connectivity index (χ1v) is 7.90. The van der Waals surface area contributed by atoms with Gasteiger partial charge in [-0.2, -0.15) is 0 Å². The van der Waals surface area contributed by atoms with Crippen LogP contribution in [0.15, 0.2) is 24.3 Å². The van der Waals surface area contributed by atoms with Crippen molar-refractivity contribution >= 4 is 5.91 Å². The van der Waals surface area contributed by atoms with Crippen molar-refractivity contribution in [1.82, 2.24) is 10.2 Å². The minimum absolute atomic E-state index is 0.122. The molecule has 3 nitrogen and oxygen atoms in total. The van der Waals surface area contributed by atoms with Crippen molar-refractivity contribution in [3.63, 3.8) is 0 Å². The number of carbonyl (C=O) groups is 1. The van der Waals surface area contributed by atoms with Gasteiger partial charge in [-0.15, -0.1) is 0 Å². The third kappa shape index (κ3) is 2.82. The lowest BCUT2D eigenvalue weighted by molar-refractivity contribution is -0.133. The van der Waals surface area contributed by atoms with Crippen LogP contribution in [0, 0.1) is 11.7 Å². The molecule has 1 saturated carbocycles. The third-order valence-corrected chi connectivity index (χ3v) is 4.80. The van der Waals surface area contributed by atoms with E-state index in [0.29, 0.717) is 12.0 Å². The molecule has 1 aliphatic carbocycles. The van der Waals surface area contributed by atoms with Crippen molar-refractivity contribution < 1.29 is 9.18 Å². The zero-order valence-electron chi connectivity index (χ0n) is 12.7. The van der Waals surface area contributed by atoms with Gasteiger partial charge in [-0.1, -0.05) is 31.9 Å². The lowest BCUT2D eigenvalue weighted by Crippen LogP contribution is -2.42. The molecule has 1 aliphatic heterocycles. The molecule has 1 aromatic rings. The normalized spacial score (nSPS) is 33.5. The summed E-state index contributed by atoms with van der Waals surface area (Å²) >= 11 is 0. The van der Waals surface area contributed by atoms with E-state index >= 15 is 0 Å². The standard InChI is InChI=1S/C17H23FN2O/c1-11-4-3-5-15(10-11)20-16(19-12(2)17(20)21)13-6-8-14(18)9-7-13/h6-9,11-12,15-16,19H,3-5,10H2,1-2H3. The highest BCUT2D eigenvalue weighted by Crippen LogP contribution is 2.35. The molecule has 114 valence electrons. The number of rotatable bonds is 2. The van der Waals surface area contributed by atoms with Crippen LogP contribution in [0.3, 0.4) is 0 Å². The van der Waals surface area contributed by atoms with E-state index in [4.69, 9.17) is 0 Å². The van der Waals surface area contributed by atoms with Crippen LogP contribution in [0.2, 0.25) is 0 Å². The Labute approximate surface area is 125 Å². The molecule has 1 N–H and O–H groups in total. The average molecular weight is 290 g/mol. The summed E-state index contributed by atoms with van der Waals surface area (Å²) in [5.74, 6) is 0.596. The molecule has 0 aromatic heterocycles. The predicted molar refractivity (Wildman–Crippen MR) is 80.0 cm³/mol. The van der Waals surface area contributed by atoms with Crippen LogP contribution in [-0.2, 0) is 4.79 Å². The summed E-state index contributed by atoms with van der Waals surface area (Å²) in [5.41, 5.74) is 0.965. The Kier molecular flexibility index (Phi) is 3.98. The molecule has 21 heavy (non-hydrogen) atoms. The highest BCUT2D eigenvalue weighted by Gasteiger charge is 2.41. The first kappa shape index (κ1) is 14.5. The number of benzene rings is 1. The van der Waals surface area contributed by atoms with Crippen molar-refractivity contribution in [2.45, 2.75) is 57.8 Å². The molecular weight excluding hydrogens is 267 g/mol. The van der Waals surface area contributed by atoms with E-state index in [0.717, 1.165) is 18.4 Å². The minimum Gasteiger partial charge on any atom is -0.319 e. The van der Waals surface area contributed by atoms with E-state index in [1.54, 1.807) is 12.1 Å². The van der Waals surface area contributed by atoms with E-state index in [1.807, 2.05) is 11.8 Å². The van der Waals surface area contributed by atoms with Gasteiger partial charge in [0.2, 0.25) is 5.91 Å². The molecule has 2 fully saturated rings. The zero-order valence-corrected chi connectivity index (χ0v) is 12.7. The van der Waals surface area contributed by atoms with Crippen molar-refractivity contribution in [1.29, 1.82) is 0 Å². The molecule has 0 spiro atoms. The van der Waals surface area contributed by atoms with Crippen LogP contribution >= 0.6 is 0 Å². The van der Waals surface area contributed by atoms with E-state index in [1.165, 1.54) is 25.0 Å². The van der Waals surface area contributed by atoms with Gasteiger partial charge in [-0.25, -0.2) is 4.39 Å². The zero-order chi connectivity index (χ0) is 15.0. The number of nitrogens with zero attached hydrogens (tertiary/aromatic N) is 1. The van der Waals surface area contributed by atoms with E-state index in [2.05, 4.69) is 12.2 Å². The number of nitrogens with one attached hydrogen (secondary N) is 1. The maximum atomic E-state index is 13.1. The van der Waals surface area contributed by atoms with Crippen LogP contribution in [-0.4, -0.2) is 22.9 Å². The Morgan fingerprint density at radius 3 is 2.57 bits per heavy atom. The summed E-state index contributed by atoms with van der Waals surface area (Å²) in [4.78, 5) is 14.6. The Bertz CT molecular complexity index is 516. The van der Waals surface area contributed by atoms with Gasteiger partial charge < -0.3 is 4.90 Å². The second-order valence-corrected chi connectivity index (χ2v) is 6.51. The number of hydrogen-bond acceptors (Lipinski definition) is 2. The Hall–Kier alpha value is -1.42. The largest absolute Gasteiger partial charge is 0.319 e. The van der Waals surface area contributed by atoms with E-state index < -0.39 is 0 Å². The monoisotopic (exact) mass is 290 g/mol. The molecule has 1 amide bonds. The molecule has 1 aromatic carbocycles. The maximum absolute atomic E-state index is 13.1. The molecule has 3 rings (SSSR count). The lowest BCUT2D eigenvalue weighted by Gasteiger charge is -2.37. The maximum Gasteiger partial charge on any atom is 0.241 e. The summed E-state index contributed by atoms with van der Waals surface area (Å²) in [6.07, 6.45) is 4.45.